The maximum Gasteiger partial charge on any atom is 0.00417 e. The lowest BCUT2D eigenvalue weighted by atomic mass is 9.96. The van der Waals surface area contributed by atoms with Crippen molar-refractivity contribution >= 4 is 0 Å². The predicted molar refractivity (Wildman–Crippen MR) is 71.7 cm³/mol. The van der Waals surface area contributed by atoms with E-state index in [9.17, 15) is 0 Å². The van der Waals surface area contributed by atoms with Gasteiger partial charge in [0.1, 0.15) is 0 Å². The van der Waals surface area contributed by atoms with Crippen LogP contribution in [0, 0.1) is 5.92 Å². The highest BCUT2D eigenvalue weighted by molar-refractivity contribution is 4.76. The molecule has 0 spiro atoms. The molecule has 16 heavy (non-hydrogen) atoms. The summed E-state index contributed by atoms with van der Waals surface area (Å²) >= 11 is 0. The van der Waals surface area contributed by atoms with Crippen LogP contribution in [0.15, 0.2) is 12.7 Å². The molecule has 1 aliphatic rings. The molecular weight excluding hydrogens is 196 g/mol. The van der Waals surface area contributed by atoms with Gasteiger partial charge in [0, 0.05) is 6.04 Å². The molecule has 1 heterocycles. The molecule has 1 unspecified atom stereocenters. The van der Waals surface area contributed by atoms with Crippen molar-refractivity contribution in [3.8, 4) is 0 Å². The summed E-state index contributed by atoms with van der Waals surface area (Å²) in [6.07, 6.45) is 7.10. The molecule has 2 heteroatoms. The molecular formula is C14H28N2. The van der Waals surface area contributed by atoms with Crippen molar-refractivity contribution in [2.45, 2.75) is 45.6 Å². The Kier molecular flexibility index (Phi) is 6.74. The molecule has 0 bridgehead atoms. The van der Waals surface area contributed by atoms with Crippen LogP contribution in [-0.4, -0.2) is 37.1 Å². The summed E-state index contributed by atoms with van der Waals surface area (Å²) in [7, 11) is 0. The molecule has 1 saturated heterocycles. The first-order chi connectivity index (χ1) is 7.76. The zero-order chi connectivity index (χ0) is 11.8. The Morgan fingerprint density at radius 2 is 2.12 bits per heavy atom. The van der Waals surface area contributed by atoms with Crippen molar-refractivity contribution in [1.82, 2.24) is 10.2 Å². The molecule has 94 valence electrons. The van der Waals surface area contributed by atoms with Crippen LogP contribution in [-0.2, 0) is 0 Å². The van der Waals surface area contributed by atoms with Gasteiger partial charge in [0.25, 0.3) is 0 Å². The Balaban J connectivity index is 2.07. The van der Waals surface area contributed by atoms with E-state index in [0.717, 1.165) is 12.3 Å². The molecule has 1 N–H and O–H groups in total. The second kappa shape index (κ2) is 7.86. The van der Waals surface area contributed by atoms with Gasteiger partial charge in [-0.25, -0.2) is 0 Å². The van der Waals surface area contributed by atoms with E-state index in [1.54, 1.807) is 0 Å². The van der Waals surface area contributed by atoms with Gasteiger partial charge in [0.2, 0.25) is 0 Å². The van der Waals surface area contributed by atoms with E-state index in [-0.39, 0.29) is 0 Å². The second-order valence-electron chi connectivity index (χ2n) is 5.05. The largest absolute Gasteiger partial charge is 0.314 e. The summed E-state index contributed by atoms with van der Waals surface area (Å²) in [6, 6.07) is 0.641. The van der Waals surface area contributed by atoms with Crippen LogP contribution in [0.25, 0.3) is 0 Å². The second-order valence-corrected chi connectivity index (χ2v) is 5.05. The van der Waals surface area contributed by atoms with Crippen molar-refractivity contribution in [3.63, 3.8) is 0 Å². The van der Waals surface area contributed by atoms with E-state index in [1.165, 1.54) is 45.4 Å². The van der Waals surface area contributed by atoms with Gasteiger partial charge in [-0.15, -0.1) is 6.58 Å². The van der Waals surface area contributed by atoms with Crippen LogP contribution in [0.4, 0.5) is 0 Å². The number of rotatable bonds is 7. The maximum absolute atomic E-state index is 3.77. The Morgan fingerprint density at radius 3 is 2.69 bits per heavy atom. The average molecular weight is 224 g/mol. The van der Waals surface area contributed by atoms with Gasteiger partial charge < -0.3 is 10.2 Å². The number of hydrogen-bond acceptors (Lipinski definition) is 2. The fourth-order valence-corrected chi connectivity index (χ4v) is 2.34. The Hall–Kier alpha value is -0.340. The molecule has 0 radical (unpaired) electrons. The number of hydrogen-bond donors (Lipinski definition) is 1. The van der Waals surface area contributed by atoms with Crippen molar-refractivity contribution in [2.24, 2.45) is 5.92 Å². The molecule has 0 saturated carbocycles. The van der Waals surface area contributed by atoms with E-state index in [0.29, 0.717) is 6.04 Å². The van der Waals surface area contributed by atoms with Crippen LogP contribution in [0.1, 0.15) is 39.5 Å². The lowest BCUT2D eigenvalue weighted by molar-refractivity contribution is 0.188. The van der Waals surface area contributed by atoms with Crippen molar-refractivity contribution < 1.29 is 0 Å². The third kappa shape index (κ3) is 5.13. The summed E-state index contributed by atoms with van der Waals surface area (Å²) in [4.78, 5) is 2.55. The predicted octanol–water partition coefficient (Wildman–Crippen LogP) is 2.66. The molecule has 0 aliphatic carbocycles. The van der Waals surface area contributed by atoms with Crippen molar-refractivity contribution in [3.05, 3.63) is 12.7 Å². The van der Waals surface area contributed by atoms with Gasteiger partial charge in [-0.3, -0.25) is 0 Å². The quantitative estimate of drug-likeness (QED) is 0.669. The molecule has 0 aromatic heterocycles. The fourth-order valence-electron chi connectivity index (χ4n) is 2.34. The monoisotopic (exact) mass is 224 g/mol. The normalized spacial score (nSPS) is 20.9. The molecule has 2 nitrogen and oxygen atoms in total. The number of allylic oxidation sites excluding steroid dienone is 1. The van der Waals surface area contributed by atoms with Crippen LogP contribution < -0.4 is 5.32 Å². The smallest absolute Gasteiger partial charge is 0.00417 e. The number of nitrogens with one attached hydrogen (secondary N) is 1. The molecule has 1 atom stereocenters. The maximum atomic E-state index is 3.77. The fraction of sp³-hybridized carbons (Fsp3) is 0.857. The summed E-state index contributed by atoms with van der Waals surface area (Å²) in [5, 5.41) is 3.65. The SMILES string of the molecule is C=CCCC(C)NCC1CCN(CC)CC1. The molecule has 0 amide bonds. The molecule has 1 aliphatic heterocycles. The molecule has 1 fully saturated rings. The molecule has 1 rings (SSSR count). The highest BCUT2D eigenvalue weighted by Gasteiger charge is 2.17. The highest BCUT2D eigenvalue weighted by Crippen LogP contribution is 2.16. The van der Waals surface area contributed by atoms with Gasteiger partial charge in [-0.1, -0.05) is 13.0 Å². The average Bonchev–Trinajstić information content (AvgIpc) is 2.34. The van der Waals surface area contributed by atoms with E-state index < -0.39 is 0 Å². The van der Waals surface area contributed by atoms with Crippen LogP contribution >= 0.6 is 0 Å². The van der Waals surface area contributed by atoms with E-state index in [4.69, 9.17) is 0 Å². The lowest BCUT2D eigenvalue weighted by Gasteiger charge is -2.31. The van der Waals surface area contributed by atoms with Gasteiger partial charge in [-0.2, -0.15) is 0 Å². The van der Waals surface area contributed by atoms with Gasteiger partial charge in [0.05, 0.1) is 0 Å². The zero-order valence-corrected chi connectivity index (χ0v) is 11.0. The Labute approximate surface area is 101 Å². The summed E-state index contributed by atoms with van der Waals surface area (Å²) in [6.45, 7) is 13.3. The molecule has 0 aromatic carbocycles. The third-order valence-corrected chi connectivity index (χ3v) is 3.71. The van der Waals surface area contributed by atoms with Gasteiger partial charge in [0.15, 0.2) is 0 Å². The Morgan fingerprint density at radius 1 is 1.44 bits per heavy atom. The van der Waals surface area contributed by atoms with Crippen LogP contribution in [0.2, 0.25) is 0 Å². The topological polar surface area (TPSA) is 15.3 Å². The summed E-state index contributed by atoms with van der Waals surface area (Å²) in [5.41, 5.74) is 0. The zero-order valence-electron chi connectivity index (χ0n) is 11.0. The minimum Gasteiger partial charge on any atom is -0.314 e. The highest BCUT2D eigenvalue weighted by atomic mass is 15.1. The van der Waals surface area contributed by atoms with Crippen molar-refractivity contribution in [2.75, 3.05) is 26.2 Å². The Bertz CT molecular complexity index is 183. The minimum absolute atomic E-state index is 0.641. The first-order valence-electron chi connectivity index (χ1n) is 6.82. The number of likely N-dealkylation sites (tertiary alicyclic amines) is 1. The van der Waals surface area contributed by atoms with E-state index >= 15 is 0 Å². The summed E-state index contributed by atoms with van der Waals surface area (Å²) in [5.74, 6) is 0.897. The molecule has 0 aromatic rings. The van der Waals surface area contributed by atoms with Gasteiger partial charge in [-0.05, 0) is 64.7 Å². The first-order valence-corrected chi connectivity index (χ1v) is 6.82. The number of piperidine rings is 1. The van der Waals surface area contributed by atoms with Crippen LogP contribution in [0.3, 0.4) is 0 Å². The van der Waals surface area contributed by atoms with E-state index in [2.05, 4.69) is 30.6 Å². The lowest BCUT2D eigenvalue weighted by Crippen LogP contribution is -2.39. The van der Waals surface area contributed by atoms with Gasteiger partial charge >= 0.3 is 0 Å². The van der Waals surface area contributed by atoms with Crippen LogP contribution in [0.5, 0.6) is 0 Å². The third-order valence-electron chi connectivity index (χ3n) is 3.71. The van der Waals surface area contributed by atoms with Crippen molar-refractivity contribution in [1.29, 1.82) is 0 Å². The first kappa shape index (κ1) is 13.7. The minimum atomic E-state index is 0.641. The number of nitrogens with zero attached hydrogens (tertiary/aromatic N) is 1. The standard InChI is InChI=1S/C14H28N2/c1-4-6-7-13(3)15-12-14-8-10-16(5-2)11-9-14/h4,13-15H,1,5-12H2,2-3H3. The van der Waals surface area contributed by atoms with E-state index in [1.807, 2.05) is 6.08 Å². The summed E-state index contributed by atoms with van der Waals surface area (Å²) < 4.78 is 0.